The smallest absolute Gasteiger partial charge is 0.332 e. The van der Waals surface area contributed by atoms with Crippen molar-refractivity contribution in [1.82, 2.24) is 25.1 Å². The minimum Gasteiger partial charge on any atom is -0.414 e. The first-order valence-corrected chi connectivity index (χ1v) is 10.8. The molecule has 0 fully saturated rings. The first kappa shape index (κ1) is 22.1. The molecule has 1 aliphatic heterocycles. The van der Waals surface area contributed by atoms with Crippen LogP contribution in [-0.2, 0) is 16.3 Å². The maximum atomic E-state index is 13.8. The van der Waals surface area contributed by atoms with Crippen LogP contribution in [0.3, 0.4) is 0 Å². The lowest BCUT2D eigenvalue weighted by atomic mass is 10.2. The Hall–Kier alpha value is -4.07. The van der Waals surface area contributed by atoms with E-state index in [0.29, 0.717) is 0 Å². The van der Waals surface area contributed by atoms with Crippen LogP contribution in [0.2, 0.25) is 0 Å². The molecule has 0 saturated carbocycles. The summed E-state index contributed by atoms with van der Waals surface area (Å²) in [6.07, 6.45) is 1.94. The van der Waals surface area contributed by atoms with Crippen molar-refractivity contribution in [3.8, 4) is 11.6 Å². The topological polar surface area (TPSA) is 129 Å². The zero-order chi connectivity index (χ0) is 23.6. The monoisotopic (exact) mass is 477 g/mol. The fourth-order valence-corrected chi connectivity index (χ4v) is 3.44. The Bertz CT molecular complexity index is 1320. The summed E-state index contributed by atoms with van der Waals surface area (Å²) in [5.74, 6) is -1.67. The van der Waals surface area contributed by atoms with Gasteiger partial charge in [-0.1, -0.05) is 6.07 Å². The van der Waals surface area contributed by atoms with Crippen LogP contribution in [0.15, 0.2) is 64.3 Å². The number of urea groups is 1. The summed E-state index contributed by atoms with van der Waals surface area (Å²) in [5, 5.41) is 8.85. The molecule has 0 aliphatic carbocycles. The number of nitrogens with zero attached hydrogens (tertiary/aromatic N) is 6. The standard InChI is InChI=1S/C19H14F3N7O3S/c20-12-2-1-3-14(8-12)29(19(30)28-4-6-33(23,31)7-5-28)11-13-9-25-15(10-24-13)17-26-27-18(32-17)16(21)22/h1-10,16,23H,11H2. The van der Waals surface area contributed by atoms with Gasteiger partial charge in [-0.2, -0.15) is 8.78 Å². The van der Waals surface area contributed by atoms with Gasteiger partial charge < -0.3 is 4.42 Å². The lowest BCUT2D eigenvalue weighted by Crippen LogP contribution is -2.38. The number of carbonyl (C=O) groups is 1. The zero-order valence-electron chi connectivity index (χ0n) is 16.5. The number of benzene rings is 1. The highest BCUT2D eigenvalue weighted by Gasteiger charge is 2.24. The molecule has 0 spiro atoms. The number of hydrogen-bond donors (Lipinski definition) is 1. The van der Waals surface area contributed by atoms with Crippen molar-refractivity contribution in [2.45, 2.75) is 13.0 Å². The molecule has 3 heterocycles. The molecule has 2 amide bonds. The Morgan fingerprint density at radius 2 is 1.94 bits per heavy atom. The molecular formula is C19H14F3N7O3S. The van der Waals surface area contributed by atoms with Gasteiger partial charge in [-0.3, -0.25) is 14.8 Å². The van der Waals surface area contributed by atoms with Crippen LogP contribution in [-0.4, -0.2) is 35.3 Å². The Morgan fingerprint density at radius 1 is 1.18 bits per heavy atom. The van der Waals surface area contributed by atoms with E-state index in [9.17, 15) is 22.2 Å². The molecule has 0 radical (unpaired) electrons. The molecule has 14 heteroatoms. The molecule has 2 aromatic heterocycles. The Morgan fingerprint density at radius 3 is 2.55 bits per heavy atom. The first-order valence-electron chi connectivity index (χ1n) is 9.15. The summed E-state index contributed by atoms with van der Waals surface area (Å²) in [6.45, 7) is -0.143. The second-order valence-electron chi connectivity index (χ2n) is 6.61. The molecule has 3 aromatic rings. The lowest BCUT2D eigenvalue weighted by Gasteiger charge is -2.27. The molecule has 0 unspecified atom stereocenters. The molecule has 10 nitrogen and oxygen atoms in total. The third-order valence-corrected chi connectivity index (χ3v) is 5.34. The fourth-order valence-electron chi connectivity index (χ4n) is 2.72. The largest absolute Gasteiger partial charge is 0.414 e. The van der Waals surface area contributed by atoms with Crippen molar-refractivity contribution in [1.29, 1.82) is 4.78 Å². The van der Waals surface area contributed by atoms with Crippen molar-refractivity contribution < 1.29 is 26.6 Å². The average molecular weight is 477 g/mol. The van der Waals surface area contributed by atoms with Crippen LogP contribution in [0.4, 0.5) is 23.7 Å². The summed E-state index contributed by atoms with van der Waals surface area (Å²) < 4.78 is 63.2. The highest BCUT2D eigenvalue weighted by molar-refractivity contribution is 7.98. The quantitative estimate of drug-likeness (QED) is 0.587. The number of hydrogen-bond acceptors (Lipinski definition) is 8. The van der Waals surface area contributed by atoms with Gasteiger partial charge in [-0.25, -0.2) is 23.2 Å². The molecule has 1 aliphatic rings. The number of rotatable bonds is 5. The summed E-state index contributed by atoms with van der Waals surface area (Å²) in [6, 6.07) is 4.67. The van der Waals surface area contributed by atoms with Crippen molar-refractivity contribution in [3.05, 3.63) is 77.3 Å². The normalized spacial score (nSPS) is 14.6. The minimum absolute atomic E-state index is 0.0499. The van der Waals surface area contributed by atoms with Gasteiger partial charge in [-0.15, -0.1) is 10.2 Å². The third kappa shape index (κ3) is 5.06. The molecule has 170 valence electrons. The predicted molar refractivity (Wildman–Crippen MR) is 109 cm³/mol. The molecule has 4 rings (SSSR count). The zero-order valence-corrected chi connectivity index (χ0v) is 17.3. The number of amides is 2. The highest BCUT2D eigenvalue weighted by Crippen LogP contribution is 2.23. The van der Waals surface area contributed by atoms with Crippen LogP contribution in [0, 0.1) is 10.6 Å². The van der Waals surface area contributed by atoms with E-state index in [1.165, 1.54) is 47.9 Å². The number of nitrogens with one attached hydrogen (secondary N) is 1. The second kappa shape index (κ2) is 8.82. The van der Waals surface area contributed by atoms with Crippen molar-refractivity contribution in [3.63, 3.8) is 0 Å². The number of anilines is 1. The van der Waals surface area contributed by atoms with Gasteiger partial charge in [-0.05, 0) is 18.2 Å². The number of carbonyl (C=O) groups excluding carboxylic acids is 1. The summed E-state index contributed by atoms with van der Waals surface area (Å²) in [4.78, 5) is 23.6. The Balaban J connectivity index is 1.60. The van der Waals surface area contributed by atoms with Gasteiger partial charge >= 0.3 is 12.5 Å². The van der Waals surface area contributed by atoms with Crippen molar-refractivity contribution >= 4 is 21.4 Å². The van der Waals surface area contributed by atoms with Crippen molar-refractivity contribution in [2.24, 2.45) is 0 Å². The summed E-state index contributed by atoms with van der Waals surface area (Å²) in [7, 11) is -3.06. The highest BCUT2D eigenvalue weighted by atomic mass is 32.2. The minimum atomic E-state index is -3.06. The van der Waals surface area contributed by atoms with E-state index in [4.69, 9.17) is 9.20 Å². The van der Waals surface area contributed by atoms with Gasteiger partial charge in [0.1, 0.15) is 11.5 Å². The second-order valence-corrected chi connectivity index (χ2v) is 8.45. The average Bonchev–Trinajstić information content (AvgIpc) is 3.28. The Kier molecular flexibility index (Phi) is 5.91. The van der Waals surface area contributed by atoms with Crippen LogP contribution in [0.5, 0.6) is 0 Å². The third-order valence-electron chi connectivity index (χ3n) is 4.29. The summed E-state index contributed by atoms with van der Waals surface area (Å²) in [5.41, 5.74) is 0.538. The van der Waals surface area contributed by atoms with Crippen LogP contribution in [0.25, 0.3) is 11.6 Å². The van der Waals surface area contributed by atoms with Crippen LogP contribution in [0.1, 0.15) is 18.0 Å². The molecule has 0 bridgehead atoms. The fraction of sp³-hybridized carbons (Fsp3) is 0.105. The summed E-state index contributed by atoms with van der Waals surface area (Å²) >= 11 is 0. The molecule has 1 N–H and O–H groups in total. The molecule has 1 aromatic carbocycles. The van der Waals surface area contributed by atoms with E-state index in [1.807, 2.05) is 0 Å². The van der Waals surface area contributed by atoms with E-state index >= 15 is 0 Å². The van der Waals surface area contributed by atoms with Crippen LogP contribution >= 0.6 is 0 Å². The van der Waals surface area contributed by atoms with Crippen molar-refractivity contribution in [2.75, 3.05) is 4.90 Å². The molecule has 33 heavy (non-hydrogen) atoms. The Labute approximate surface area is 185 Å². The first-order chi connectivity index (χ1) is 15.7. The molecular weight excluding hydrogens is 463 g/mol. The van der Waals surface area contributed by atoms with Gasteiger partial charge in [0.05, 0.1) is 34.4 Å². The van der Waals surface area contributed by atoms with Gasteiger partial charge in [0.2, 0.25) is 0 Å². The SMILES string of the molecule is N=S1(=O)C=CN(C(=O)N(Cc2cnc(-c3nnc(C(F)F)o3)cn2)c2cccc(F)c2)C=C1. The number of halogens is 3. The van der Waals surface area contributed by atoms with Gasteiger partial charge in [0.15, 0.2) is 0 Å². The molecule has 0 atom stereocenters. The van der Waals surface area contributed by atoms with E-state index in [2.05, 4.69) is 20.2 Å². The maximum Gasteiger partial charge on any atom is 0.332 e. The maximum absolute atomic E-state index is 13.8. The number of aromatic nitrogens is 4. The van der Waals surface area contributed by atoms with Gasteiger partial charge in [0, 0.05) is 28.9 Å². The van der Waals surface area contributed by atoms with E-state index in [-0.39, 0.29) is 29.5 Å². The van der Waals surface area contributed by atoms with Crippen LogP contribution < -0.4 is 4.90 Å². The molecule has 0 saturated heterocycles. The van der Waals surface area contributed by atoms with E-state index < -0.39 is 33.9 Å². The number of alkyl halides is 2. The van der Waals surface area contributed by atoms with E-state index in [1.54, 1.807) is 0 Å². The predicted octanol–water partition coefficient (Wildman–Crippen LogP) is 4.03. The van der Waals surface area contributed by atoms with Gasteiger partial charge in [0.25, 0.3) is 11.8 Å². The van der Waals surface area contributed by atoms with E-state index in [0.717, 1.165) is 21.8 Å². The lowest BCUT2D eigenvalue weighted by molar-refractivity contribution is 0.116.